The predicted molar refractivity (Wildman–Crippen MR) is 100 cm³/mol. The molecule has 7 nitrogen and oxygen atoms in total. The molecule has 0 saturated heterocycles. The van der Waals surface area contributed by atoms with Crippen molar-refractivity contribution in [3.8, 4) is 0 Å². The van der Waals surface area contributed by atoms with Crippen LogP contribution in [0.4, 0.5) is 14.8 Å². The predicted octanol–water partition coefficient (Wildman–Crippen LogP) is 3.37. The van der Waals surface area contributed by atoms with Crippen LogP contribution in [-0.4, -0.2) is 29.8 Å². The number of sulfone groups is 1. The van der Waals surface area contributed by atoms with Crippen molar-refractivity contribution in [2.75, 3.05) is 5.32 Å². The number of hydrogen-bond acceptors (Lipinski definition) is 6. The third-order valence-corrected chi connectivity index (χ3v) is 6.26. The van der Waals surface area contributed by atoms with E-state index >= 15 is 0 Å². The molecule has 1 N–H and O–H groups in total. The van der Waals surface area contributed by atoms with Gasteiger partial charge in [-0.1, -0.05) is 17.2 Å². The minimum Gasteiger partial charge on any atom is -0.407 e. The van der Waals surface area contributed by atoms with Gasteiger partial charge in [0.1, 0.15) is 11.6 Å². The maximum Gasteiger partial charge on any atom is 0.322 e. The summed E-state index contributed by atoms with van der Waals surface area (Å²) in [5.41, 5.74) is 0.354. The van der Waals surface area contributed by atoms with Gasteiger partial charge in [-0.05, 0) is 43.7 Å². The molecule has 0 aliphatic carbocycles. The van der Waals surface area contributed by atoms with Gasteiger partial charge in [0.25, 0.3) is 5.91 Å². The molecule has 0 radical (unpaired) electrons. The molecule has 0 aliphatic heterocycles. The topological polar surface area (TPSA) is 102 Å². The molecule has 0 saturated carbocycles. The molecule has 0 bridgehead atoms. The standard InChI is InChI=1S/C19H17F2N3O4S/c1-11(2)29(26,27)14-6-3-12(4-7-14)9-17-23-24-19(28-17)22-18(25)15-8-5-13(20)10-16(15)21/h3-8,10-11H,9H2,1-2H3,(H,22,24,25). The largest absolute Gasteiger partial charge is 0.407 e. The van der Waals surface area contributed by atoms with Crippen molar-refractivity contribution in [3.63, 3.8) is 0 Å². The molecule has 3 aromatic rings. The van der Waals surface area contributed by atoms with Crippen molar-refractivity contribution in [2.24, 2.45) is 0 Å². The van der Waals surface area contributed by atoms with Gasteiger partial charge < -0.3 is 4.42 Å². The lowest BCUT2D eigenvalue weighted by Gasteiger charge is -2.08. The Labute approximate surface area is 165 Å². The zero-order chi connectivity index (χ0) is 21.2. The lowest BCUT2D eigenvalue weighted by molar-refractivity contribution is 0.102. The molecule has 0 aliphatic rings. The van der Waals surface area contributed by atoms with Crippen molar-refractivity contribution < 1.29 is 26.4 Å². The monoisotopic (exact) mass is 421 g/mol. The SMILES string of the molecule is CC(C)S(=O)(=O)c1ccc(Cc2nnc(NC(=O)c3ccc(F)cc3F)o2)cc1. The van der Waals surface area contributed by atoms with Gasteiger partial charge >= 0.3 is 6.01 Å². The van der Waals surface area contributed by atoms with Crippen LogP contribution in [0, 0.1) is 11.6 Å². The molecule has 1 amide bonds. The molecule has 152 valence electrons. The molecule has 0 spiro atoms. The van der Waals surface area contributed by atoms with Gasteiger partial charge in [-0.3, -0.25) is 10.1 Å². The van der Waals surface area contributed by atoms with E-state index in [4.69, 9.17) is 4.42 Å². The van der Waals surface area contributed by atoms with E-state index in [1.54, 1.807) is 26.0 Å². The Morgan fingerprint density at radius 3 is 2.41 bits per heavy atom. The number of benzene rings is 2. The average molecular weight is 421 g/mol. The first-order valence-electron chi connectivity index (χ1n) is 8.58. The first-order chi connectivity index (χ1) is 13.7. The number of nitrogens with zero attached hydrogens (tertiary/aromatic N) is 2. The Morgan fingerprint density at radius 1 is 1.10 bits per heavy atom. The third-order valence-electron chi connectivity index (χ3n) is 4.09. The number of halogens is 2. The van der Waals surface area contributed by atoms with E-state index in [1.165, 1.54) is 12.1 Å². The van der Waals surface area contributed by atoms with Gasteiger partial charge in [0.15, 0.2) is 9.84 Å². The normalized spacial score (nSPS) is 11.6. The molecule has 10 heteroatoms. The maximum atomic E-state index is 13.7. The second-order valence-electron chi connectivity index (χ2n) is 6.49. The summed E-state index contributed by atoms with van der Waals surface area (Å²) in [5, 5.41) is 9.17. The lowest BCUT2D eigenvalue weighted by atomic mass is 10.1. The number of carbonyl (C=O) groups excluding carboxylic acids is 1. The van der Waals surface area contributed by atoms with Gasteiger partial charge in [0, 0.05) is 6.07 Å². The Morgan fingerprint density at radius 2 is 1.79 bits per heavy atom. The van der Waals surface area contributed by atoms with Gasteiger partial charge in [-0.2, -0.15) is 0 Å². The minimum atomic E-state index is -3.36. The Hall–Kier alpha value is -3.14. The fraction of sp³-hybridized carbons (Fsp3) is 0.211. The lowest BCUT2D eigenvalue weighted by Crippen LogP contribution is -2.14. The summed E-state index contributed by atoms with van der Waals surface area (Å²) in [6.45, 7) is 3.21. The fourth-order valence-corrected chi connectivity index (χ4v) is 3.52. The first kappa shape index (κ1) is 20.6. The summed E-state index contributed by atoms with van der Waals surface area (Å²) in [7, 11) is -3.36. The highest BCUT2D eigenvalue weighted by atomic mass is 32.2. The highest BCUT2D eigenvalue weighted by Crippen LogP contribution is 2.19. The molecule has 0 atom stereocenters. The number of nitrogens with one attached hydrogen (secondary N) is 1. The van der Waals surface area contributed by atoms with Crippen LogP contribution in [0.2, 0.25) is 0 Å². The van der Waals surface area contributed by atoms with Crippen LogP contribution in [-0.2, 0) is 16.3 Å². The summed E-state index contributed by atoms with van der Waals surface area (Å²) < 4.78 is 56.2. The van der Waals surface area contributed by atoms with Crippen molar-refractivity contribution in [2.45, 2.75) is 30.4 Å². The number of amides is 1. The Kier molecular flexibility index (Phi) is 5.73. The minimum absolute atomic E-state index is 0.166. The third kappa shape index (κ3) is 4.65. The van der Waals surface area contributed by atoms with Crippen LogP contribution in [0.1, 0.15) is 35.7 Å². The van der Waals surface area contributed by atoms with Crippen molar-refractivity contribution in [1.29, 1.82) is 0 Å². The van der Waals surface area contributed by atoms with Gasteiger partial charge in [-0.15, -0.1) is 5.10 Å². The zero-order valence-electron chi connectivity index (χ0n) is 15.5. The molecular formula is C19H17F2N3O4S. The molecule has 3 rings (SSSR count). The van der Waals surface area contributed by atoms with Gasteiger partial charge in [-0.25, -0.2) is 17.2 Å². The quantitative estimate of drug-likeness (QED) is 0.655. The van der Waals surface area contributed by atoms with Gasteiger partial charge in [0.2, 0.25) is 5.89 Å². The highest BCUT2D eigenvalue weighted by Gasteiger charge is 2.19. The van der Waals surface area contributed by atoms with Crippen molar-refractivity contribution in [1.82, 2.24) is 10.2 Å². The molecule has 0 fully saturated rings. The molecule has 2 aromatic carbocycles. The van der Waals surface area contributed by atoms with Crippen molar-refractivity contribution in [3.05, 3.63) is 71.1 Å². The van der Waals surface area contributed by atoms with E-state index in [2.05, 4.69) is 15.5 Å². The van der Waals surface area contributed by atoms with E-state index in [0.717, 1.165) is 17.7 Å². The van der Waals surface area contributed by atoms with Crippen LogP contribution in [0.15, 0.2) is 51.8 Å². The maximum absolute atomic E-state index is 13.7. The summed E-state index contributed by atoms with van der Waals surface area (Å²) in [5.74, 6) is -2.51. The smallest absolute Gasteiger partial charge is 0.322 e. The second kappa shape index (κ2) is 8.08. The van der Waals surface area contributed by atoms with E-state index < -0.39 is 32.6 Å². The van der Waals surface area contributed by atoms with E-state index in [-0.39, 0.29) is 28.8 Å². The van der Waals surface area contributed by atoms with E-state index in [1.807, 2.05) is 0 Å². The number of rotatable bonds is 6. The van der Waals surface area contributed by atoms with Crippen LogP contribution in [0.3, 0.4) is 0 Å². The van der Waals surface area contributed by atoms with Crippen LogP contribution < -0.4 is 5.32 Å². The number of hydrogen-bond donors (Lipinski definition) is 1. The summed E-state index contributed by atoms with van der Waals surface area (Å²) in [6.07, 6.45) is 0.204. The second-order valence-corrected chi connectivity index (χ2v) is 9.00. The van der Waals surface area contributed by atoms with E-state index in [9.17, 15) is 22.0 Å². The summed E-state index contributed by atoms with van der Waals surface area (Å²) in [4.78, 5) is 12.3. The zero-order valence-corrected chi connectivity index (χ0v) is 16.3. The van der Waals surface area contributed by atoms with Crippen LogP contribution in [0.25, 0.3) is 0 Å². The molecule has 1 aromatic heterocycles. The molecular weight excluding hydrogens is 404 g/mol. The van der Waals surface area contributed by atoms with E-state index in [0.29, 0.717) is 6.07 Å². The molecule has 1 heterocycles. The van der Waals surface area contributed by atoms with Crippen molar-refractivity contribution >= 4 is 21.8 Å². The fourth-order valence-electron chi connectivity index (χ4n) is 2.46. The van der Waals surface area contributed by atoms with Crippen LogP contribution >= 0.6 is 0 Å². The highest BCUT2D eigenvalue weighted by molar-refractivity contribution is 7.92. The number of anilines is 1. The van der Waals surface area contributed by atoms with Crippen LogP contribution in [0.5, 0.6) is 0 Å². The Balaban J connectivity index is 1.68. The number of aromatic nitrogens is 2. The average Bonchev–Trinajstić information content (AvgIpc) is 3.08. The molecule has 29 heavy (non-hydrogen) atoms. The summed E-state index contributed by atoms with van der Waals surface area (Å²) in [6, 6.07) is 8.58. The Bertz CT molecular complexity index is 1140. The summed E-state index contributed by atoms with van der Waals surface area (Å²) >= 11 is 0. The van der Waals surface area contributed by atoms with Gasteiger partial charge in [0.05, 0.1) is 22.1 Å². The first-order valence-corrected chi connectivity index (χ1v) is 10.1. The molecule has 0 unspecified atom stereocenters. The number of carbonyl (C=O) groups is 1.